The molecular weight excluding hydrogens is 150 g/mol. The molecule has 12 heavy (non-hydrogen) atoms. The first kappa shape index (κ1) is 8.23. The van der Waals surface area contributed by atoms with E-state index < -0.39 is 6.04 Å². The van der Waals surface area contributed by atoms with Gasteiger partial charge in [0.2, 0.25) is 0 Å². The van der Waals surface area contributed by atoms with E-state index in [1.54, 1.807) is 12.3 Å². The normalized spacial score (nSPS) is 11.2. The van der Waals surface area contributed by atoms with Crippen LogP contribution in [0.1, 0.15) is 17.3 Å². The van der Waals surface area contributed by atoms with Crippen LogP contribution in [0.5, 0.6) is 0 Å². The zero-order valence-electron chi connectivity index (χ0n) is 6.65. The minimum absolute atomic E-state index is 0.526. The van der Waals surface area contributed by atoms with E-state index in [-0.39, 0.29) is 0 Å². The summed E-state index contributed by atoms with van der Waals surface area (Å²) >= 11 is 0. The van der Waals surface area contributed by atoms with Gasteiger partial charge in [0.1, 0.15) is 5.69 Å². The molecule has 0 aromatic carbocycles. The Morgan fingerprint density at radius 3 is 2.83 bits per heavy atom. The number of aryl methyl sites for hydroxylation is 1. The second kappa shape index (κ2) is 3.50. The summed E-state index contributed by atoms with van der Waals surface area (Å²) in [5.74, 6) is 0. The predicted molar refractivity (Wildman–Crippen MR) is 43.9 cm³/mol. The fourth-order valence-corrected chi connectivity index (χ4v) is 0.802. The Labute approximate surface area is 71.1 Å². The van der Waals surface area contributed by atoms with Crippen molar-refractivity contribution in [3.8, 4) is 6.07 Å². The Hall–Kier alpha value is -1.87. The largest absolute Gasteiger partial charge is 0.348 e. The molecule has 0 spiro atoms. The highest BCUT2D eigenvalue weighted by atomic mass is 14.8. The number of nitriles is 1. The molecule has 1 rings (SSSR count). The van der Waals surface area contributed by atoms with E-state index in [0.29, 0.717) is 5.69 Å². The van der Waals surface area contributed by atoms with Crippen molar-refractivity contribution >= 4 is 0 Å². The summed E-state index contributed by atoms with van der Waals surface area (Å²) in [4.78, 5) is 7.12. The topological polar surface area (TPSA) is 41.0 Å². The summed E-state index contributed by atoms with van der Waals surface area (Å²) in [6.07, 6.45) is 1.66. The quantitative estimate of drug-likeness (QED) is 0.584. The minimum atomic E-state index is -0.759. The second-order valence-corrected chi connectivity index (χ2v) is 2.42. The van der Waals surface area contributed by atoms with Gasteiger partial charge >= 0.3 is 6.04 Å². The summed E-state index contributed by atoms with van der Waals surface area (Å²) < 4.78 is 0. The van der Waals surface area contributed by atoms with Crippen molar-refractivity contribution in [3.63, 3.8) is 0 Å². The van der Waals surface area contributed by atoms with E-state index >= 15 is 0 Å². The highest BCUT2D eigenvalue weighted by molar-refractivity contribution is 5.22. The number of pyridine rings is 1. The van der Waals surface area contributed by atoms with Crippen LogP contribution in [0.4, 0.5) is 0 Å². The SMILES string of the molecule is [C-]#[N+]C(C#N)c1ccc(C)cn1. The minimum Gasteiger partial charge on any atom is -0.290 e. The fourth-order valence-electron chi connectivity index (χ4n) is 0.802. The van der Waals surface area contributed by atoms with Crippen molar-refractivity contribution in [3.05, 3.63) is 41.0 Å². The molecule has 58 valence electrons. The maximum absolute atomic E-state index is 8.55. The van der Waals surface area contributed by atoms with Crippen molar-refractivity contribution in [1.82, 2.24) is 4.98 Å². The Kier molecular flexibility index (Phi) is 2.40. The van der Waals surface area contributed by atoms with Crippen LogP contribution in [0.3, 0.4) is 0 Å². The van der Waals surface area contributed by atoms with Gasteiger partial charge in [0.15, 0.2) is 6.07 Å². The summed E-state index contributed by atoms with van der Waals surface area (Å²) in [5.41, 5.74) is 1.55. The molecule has 0 saturated heterocycles. The average molecular weight is 157 g/mol. The van der Waals surface area contributed by atoms with Gasteiger partial charge in [-0.15, -0.1) is 0 Å². The molecule has 0 radical (unpaired) electrons. The molecular formula is C9H7N3. The Balaban J connectivity index is 2.99. The number of rotatable bonds is 1. The molecule has 1 atom stereocenters. The maximum atomic E-state index is 8.55. The maximum Gasteiger partial charge on any atom is 0.348 e. The highest BCUT2D eigenvalue weighted by Crippen LogP contribution is 2.13. The van der Waals surface area contributed by atoms with Crippen molar-refractivity contribution in [2.45, 2.75) is 13.0 Å². The molecule has 1 aromatic heterocycles. The lowest BCUT2D eigenvalue weighted by molar-refractivity contribution is 0.992. The Morgan fingerprint density at radius 2 is 2.42 bits per heavy atom. The zero-order chi connectivity index (χ0) is 8.97. The molecule has 3 heteroatoms. The van der Waals surface area contributed by atoms with Crippen LogP contribution >= 0.6 is 0 Å². The molecule has 0 bridgehead atoms. The number of aromatic nitrogens is 1. The van der Waals surface area contributed by atoms with Crippen LogP contribution in [0.25, 0.3) is 4.85 Å². The first-order valence-electron chi connectivity index (χ1n) is 3.46. The lowest BCUT2D eigenvalue weighted by Gasteiger charge is -1.95. The van der Waals surface area contributed by atoms with Crippen LogP contribution in [0.15, 0.2) is 18.3 Å². The van der Waals surface area contributed by atoms with Crippen LogP contribution in [0, 0.1) is 24.8 Å². The van der Waals surface area contributed by atoms with Gasteiger partial charge in [0.05, 0.1) is 0 Å². The van der Waals surface area contributed by atoms with E-state index in [1.165, 1.54) is 0 Å². The molecule has 0 aliphatic carbocycles. The molecule has 1 heterocycles. The van der Waals surface area contributed by atoms with Gasteiger partial charge in [0.25, 0.3) is 0 Å². The molecule has 0 saturated carbocycles. The molecule has 0 fully saturated rings. The van der Waals surface area contributed by atoms with Gasteiger partial charge in [-0.2, -0.15) is 5.26 Å². The van der Waals surface area contributed by atoms with Gasteiger partial charge in [-0.05, 0) is 18.6 Å². The summed E-state index contributed by atoms with van der Waals surface area (Å²) in [7, 11) is 0. The molecule has 0 N–H and O–H groups in total. The van der Waals surface area contributed by atoms with Crippen LogP contribution in [-0.4, -0.2) is 4.98 Å². The lowest BCUT2D eigenvalue weighted by atomic mass is 10.2. The van der Waals surface area contributed by atoms with E-state index in [2.05, 4.69) is 9.83 Å². The van der Waals surface area contributed by atoms with Crippen molar-refractivity contribution < 1.29 is 0 Å². The van der Waals surface area contributed by atoms with E-state index in [9.17, 15) is 0 Å². The third-order valence-corrected chi connectivity index (χ3v) is 1.47. The number of hydrogen-bond acceptors (Lipinski definition) is 2. The molecule has 3 nitrogen and oxygen atoms in total. The first-order valence-corrected chi connectivity index (χ1v) is 3.46. The van der Waals surface area contributed by atoms with Gasteiger partial charge in [-0.3, -0.25) is 9.83 Å². The molecule has 0 aliphatic heterocycles. The molecule has 0 amide bonds. The molecule has 1 aromatic rings. The Bertz CT molecular complexity index is 326. The summed E-state index contributed by atoms with van der Waals surface area (Å²) in [5, 5.41) is 8.55. The van der Waals surface area contributed by atoms with Crippen molar-refractivity contribution in [2.75, 3.05) is 0 Å². The summed E-state index contributed by atoms with van der Waals surface area (Å²) in [6.45, 7) is 8.63. The first-order chi connectivity index (χ1) is 5.77. The van der Waals surface area contributed by atoms with E-state index in [0.717, 1.165) is 5.56 Å². The summed E-state index contributed by atoms with van der Waals surface area (Å²) in [6, 6.07) is 4.67. The average Bonchev–Trinajstić information content (AvgIpc) is 2.10. The smallest absolute Gasteiger partial charge is 0.290 e. The van der Waals surface area contributed by atoms with E-state index in [1.807, 2.05) is 19.1 Å². The second-order valence-electron chi connectivity index (χ2n) is 2.42. The predicted octanol–water partition coefficient (Wildman–Crippen LogP) is 1.87. The Morgan fingerprint density at radius 1 is 1.67 bits per heavy atom. The third kappa shape index (κ3) is 1.59. The van der Waals surface area contributed by atoms with Gasteiger partial charge in [-0.1, -0.05) is 6.07 Å². The lowest BCUT2D eigenvalue weighted by Crippen LogP contribution is -1.93. The van der Waals surface area contributed by atoms with Gasteiger partial charge < -0.3 is 0 Å². The third-order valence-electron chi connectivity index (χ3n) is 1.47. The molecule has 0 aliphatic rings. The van der Waals surface area contributed by atoms with Crippen LogP contribution < -0.4 is 0 Å². The fraction of sp³-hybridized carbons (Fsp3) is 0.222. The van der Waals surface area contributed by atoms with Crippen LogP contribution in [-0.2, 0) is 0 Å². The van der Waals surface area contributed by atoms with Gasteiger partial charge in [0, 0.05) is 6.20 Å². The van der Waals surface area contributed by atoms with Crippen LogP contribution in [0.2, 0.25) is 0 Å². The van der Waals surface area contributed by atoms with Crippen molar-refractivity contribution in [1.29, 1.82) is 5.26 Å². The monoisotopic (exact) mass is 157 g/mol. The molecule has 1 unspecified atom stereocenters. The standard InChI is InChI=1S/C9H7N3/c1-7-3-4-8(12-6-7)9(5-10)11-2/h3-4,6,9H,1H3. The van der Waals surface area contributed by atoms with Gasteiger partial charge in [-0.25, -0.2) is 6.57 Å². The highest BCUT2D eigenvalue weighted by Gasteiger charge is 2.14. The van der Waals surface area contributed by atoms with Crippen molar-refractivity contribution in [2.24, 2.45) is 0 Å². The number of hydrogen-bond donors (Lipinski definition) is 0. The zero-order valence-corrected chi connectivity index (χ0v) is 6.65. The van der Waals surface area contributed by atoms with E-state index in [4.69, 9.17) is 11.8 Å². The number of nitrogens with zero attached hydrogens (tertiary/aromatic N) is 3.